The zero-order chi connectivity index (χ0) is 16.2. The van der Waals surface area contributed by atoms with Gasteiger partial charge in [-0.1, -0.05) is 0 Å². The number of aromatic nitrogens is 2. The summed E-state index contributed by atoms with van der Waals surface area (Å²) in [6.45, 7) is 2.57. The maximum atomic E-state index is 12.3. The highest BCUT2D eigenvalue weighted by Gasteiger charge is 2.33. The minimum Gasteiger partial charge on any atom is -0.341 e. The summed E-state index contributed by atoms with van der Waals surface area (Å²) in [6, 6.07) is 0.445. The lowest BCUT2D eigenvalue weighted by Gasteiger charge is -2.22. The smallest absolute Gasteiger partial charge is 0.322 e. The van der Waals surface area contributed by atoms with Gasteiger partial charge in [-0.25, -0.2) is 14.8 Å². The molecule has 3 rings (SSSR count). The van der Waals surface area contributed by atoms with E-state index in [4.69, 9.17) is 0 Å². The summed E-state index contributed by atoms with van der Waals surface area (Å²) < 4.78 is 0. The number of urea groups is 1. The van der Waals surface area contributed by atoms with E-state index in [9.17, 15) is 14.4 Å². The fourth-order valence-corrected chi connectivity index (χ4v) is 2.73. The number of carbonyl (C=O) groups excluding carboxylic acids is 3. The van der Waals surface area contributed by atoms with E-state index in [0.717, 1.165) is 13.0 Å². The molecule has 3 heterocycles. The van der Waals surface area contributed by atoms with Gasteiger partial charge in [0.05, 0.1) is 6.42 Å². The molecule has 2 aliphatic heterocycles. The van der Waals surface area contributed by atoms with Crippen LogP contribution in [0.2, 0.25) is 0 Å². The van der Waals surface area contributed by atoms with E-state index in [1.807, 2.05) is 4.90 Å². The zero-order valence-electron chi connectivity index (χ0n) is 12.6. The maximum Gasteiger partial charge on any atom is 0.322 e. The van der Waals surface area contributed by atoms with Gasteiger partial charge >= 0.3 is 6.03 Å². The summed E-state index contributed by atoms with van der Waals surface area (Å²) in [5.41, 5.74) is 0. The van der Waals surface area contributed by atoms with E-state index in [0.29, 0.717) is 25.6 Å². The van der Waals surface area contributed by atoms with Gasteiger partial charge in [-0.3, -0.25) is 14.9 Å². The number of carbonyl (C=O) groups is 3. The largest absolute Gasteiger partial charge is 0.341 e. The van der Waals surface area contributed by atoms with Gasteiger partial charge in [-0.15, -0.1) is 0 Å². The lowest BCUT2D eigenvalue weighted by molar-refractivity contribution is -0.133. The molecule has 1 aromatic heterocycles. The second kappa shape index (κ2) is 6.59. The van der Waals surface area contributed by atoms with Crippen molar-refractivity contribution in [2.45, 2.75) is 18.9 Å². The van der Waals surface area contributed by atoms with Crippen LogP contribution < -0.4 is 15.5 Å². The molecule has 9 nitrogen and oxygen atoms in total. The molecule has 2 saturated heterocycles. The molecule has 4 amide bonds. The van der Waals surface area contributed by atoms with Crippen molar-refractivity contribution in [3.63, 3.8) is 0 Å². The molecule has 0 saturated carbocycles. The Kier molecular flexibility index (Phi) is 4.35. The van der Waals surface area contributed by atoms with Crippen LogP contribution in [-0.2, 0) is 9.59 Å². The number of anilines is 1. The van der Waals surface area contributed by atoms with Gasteiger partial charge in [0.15, 0.2) is 0 Å². The molecule has 0 unspecified atom stereocenters. The van der Waals surface area contributed by atoms with E-state index < -0.39 is 18.0 Å². The molecule has 1 atom stereocenters. The summed E-state index contributed by atoms with van der Waals surface area (Å²) >= 11 is 0. The van der Waals surface area contributed by atoms with Crippen LogP contribution in [0, 0.1) is 0 Å². The van der Waals surface area contributed by atoms with Crippen molar-refractivity contribution in [1.82, 2.24) is 25.5 Å². The minimum absolute atomic E-state index is 0.0145. The Bertz CT molecular complexity index is 608. The molecule has 0 bridgehead atoms. The third kappa shape index (κ3) is 3.55. The third-order valence-electron chi connectivity index (χ3n) is 3.92. The Morgan fingerprint density at radius 3 is 2.65 bits per heavy atom. The topological polar surface area (TPSA) is 108 Å². The Morgan fingerprint density at radius 2 is 1.96 bits per heavy atom. The van der Waals surface area contributed by atoms with Crippen LogP contribution in [0.15, 0.2) is 18.5 Å². The number of hydrogen-bond donors (Lipinski definition) is 2. The second-order valence-electron chi connectivity index (χ2n) is 5.49. The van der Waals surface area contributed by atoms with Gasteiger partial charge in [0.2, 0.25) is 11.9 Å². The average Bonchev–Trinajstić information content (AvgIpc) is 2.76. The third-order valence-corrected chi connectivity index (χ3v) is 3.92. The Hall–Kier alpha value is -2.71. The molecule has 122 valence electrons. The number of rotatable bonds is 3. The van der Waals surface area contributed by atoms with Gasteiger partial charge in [-0.2, -0.15) is 0 Å². The minimum atomic E-state index is -0.771. The molecule has 2 fully saturated rings. The SMILES string of the molecule is O=C1NC(=O)[C@@H](CC(=O)N2CCCN(c3ncccn3)CC2)N1. The monoisotopic (exact) mass is 318 g/mol. The van der Waals surface area contributed by atoms with Crippen LogP contribution in [0.25, 0.3) is 0 Å². The predicted octanol–water partition coefficient (Wildman–Crippen LogP) is -0.887. The maximum absolute atomic E-state index is 12.3. The molecule has 0 spiro atoms. The number of imide groups is 1. The molecule has 1 aromatic rings. The molecule has 23 heavy (non-hydrogen) atoms. The molecular formula is C14H18N6O3. The molecule has 0 aromatic carbocycles. The van der Waals surface area contributed by atoms with Crippen LogP contribution in [0.1, 0.15) is 12.8 Å². The average molecular weight is 318 g/mol. The van der Waals surface area contributed by atoms with Crippen molar-refractivity contribution < 1.29 is 14.4 Å². The fraction of sp³-hybridized carbons (Fsp3) is 0.500. The first kappa shape index (κ1) is 15.2. The van der Waals surface area contributed by atoms with E-state index in [1.54, 1.807) is 23.4 Å². The van der Waals surface area contributed by atoms with Crippen molar-refractivity contribution in [1.29, 1.82) is 0 Å². The van der Waals surface area contributed by atoms with E-state index >= 15 is 0 Å². The first-order valence-electron chi connectivity index (χ1n) is 7.54. The van der Waals surface area contributed by atoms with Gasteiger partial charge < -0.3 is 15.1 Å². The van der Waals surface area contributed by atoms with Crippen LogP contribution >= 0.6 is 0 Å². The van der Waals surface area contributed by atoms with E-state index in [-0.39, 0.29) is 12.3 Å². The van der Waals surface area contributed by atoms with Crippen LogP contribution in [0.5, 0.6) is 0 Å². The Balaban J connectivity index is 1.56. The Morgan fingerprint density at radius 1 is 1.17 bits per heavy atom. The van der Waals surface area contributed by atoms with Crippen molar-refractivity contribution in [2.75, 3.05) is 31.1 Å². The van der Waals surface area contributed by atoms with Crippen LogP contribution in [0.4, 0.5) is 10.7 Å². The summed E-state index contributed by atoms with van der Waals surface area (Å²) in [6.07, 6.45) is 4.17. The van der Waals surface area contributed by atoms with E-state index in [2.05, 4.69) is 20.6 Å². The first-order chi connectivity index (χ1) is 11.1. The summed E-state index contributed by atoms with van der Waals surface area (Å²) in [7, 11) is 0. The lowest BCUT2D eigenvalue weighted by atomic mass is 10.2. The summed E-state index contributed by atoms with van der Waals surface area (Å²) in [5, 5.41) is 4.58. The van der Waals surface area contributed by atoms with Crippen molar-refractivity contribution in [3.8, 4) is 0 Å². The van der Waals surface area contributed by atoms with E-state index in [1.165, 1.54) is 0 Å². The quantitative estimate of drug-likeness (QED) is 0.700. The number of nitrogens with zero attached hydrogens (tertiary/aromatic N) is 4. The Labute approximate surface area is 133 Å². The van der Waals surface area contributed by atoms with Gasteiger partial charge in [0.25, 0.3) is 5.91 Å². The fourth-order valence-electron chi connectivity index (χ4n) is 2.73. The summed E-state index contributed by atoms with van der Waals surface area (Å²) in [4.78, 5) is 47.2. The van der Waals surface area contributed by atoms with Crippen molar-refractivity contribution in [2.24, 2.45) is 0 Å². The van der Waals surface area contributed by atoms with Gasteiger partial charge in [0, 0.05) is 38.6 Å². The number of amides is 4. The molecule has 2 N–H and O–H groups in total. The van der Waals surface area contributed by atoms with Crippen LogP contribution in [0.3, 0.4) is 0 Å². The van der Waals surface area contributed by atoms with Gasteiger partial charge in [0.1, 0.15) is 6.04 Å². The molecule has 0 radical (unpaired) electrons. The normalized spacial score (nSPS) is 21.7. The predicted molar refractivity (Wildman–Crippen MR) is 80.5 cm³/mol. The number of hydrogen-bond acceptors (Lipinski definition) is 6. The molecular weight excluding hydrogens is 300 g/mol. The standard InChI is InChI=1S/C14H18N6O3/c21-11(9-10-12(22)18-14(23)17-10)19-5-2-6-20(8-7-19)13-15-3-1-4-16-13/h1,3-4,10H,2,5-9H2,(H2,17,18,22,23)/t10-/m1/s1. The highest BCUT2D eigenvalue weighted by molar-refractivity contribution is 6.05. The van der Waals surface area contributed by atoms with Crippen molar-refractivity contribution >= 4 is 23.8 Å². The molecule has 0 aliphatic carbocycles. The van der Waals surface area contributed by atoms with Crippen molar-refractivity contribution in [3.05, 3.63) is 18.5 Å². The lowest BCUT2D eigenvalue weighted by Crippen LogP contribution is -2.40. The van der Waals surface area contributed by atoms with Crippen LogP contribution in [-0.4, -0.2) is 64.9 Å². The highest BCUT2D eigenvalue weighted by atomic mass is 16.2. The second-order valence-corrected chi connectivity index (χ2v) is 5.49. The van der Waals surface area contributed by atoms with Gasteiger partial charge in [-0.05, 0) is 12.5 Å². The zero-order valence-corrected chi connectivity index (χ0v) is 12.6. The molecule has 9 heteroatoms. The summed E-state index contributed by atoms with van der Waals surface area (Å²) in [5.74, 6) is 0.0740. The highest BCUT2D eigenvalue weighted by Crippen LogP contribution is 2.12. The first-order valence-corrected chi connectivity index (χ1v) is 7.54. The number of nitrogens with one attached hydrogen (secondary N) is 2. The molecule has 2 aliphatic rings.